The number of anilines is 2. The average molecular weight is 161 g/mol. The van der Waals surface area contributed by atoms with Gasteiger partial charge in [-0.25, -0.2) is 9.97 Å². The van der Waals surface area contributed by atoms with Crippen LogP contribution in [-0.2, 0) is 0 Å². The third-order valence-electron chi connectivity index (χ3n) is 1.11. The first-order chi connectivity index (χ1) is 4.22. The lowest BCUT2D eigenvalue weighted by atomic mass is 10.4. The molecule has 4 N–H and O–H groups in total. The molecular weight excluding hydrogens is 152 g/mol. The molecule has 0 aliphatic heterocycles. The van der Waals surface area contributed by atoms with Gasteiger partial charge in [0.15, 0.2) is 0 Å². The minimum atomic E-state index is 0. The number of halogens is 1. The van der Waals surface area contributed by atoms with E-state index in [0.717, 1.165) is 5.69 Å². The zero-order chi connectivity index (χ0) is 6.85. The van der Waals surface area contributed by atoms with E-state index in [2.05, 4.69) is 9.97 Å². The summed E-state index contributed by atoms with van der Waals surface area (Å²) >= 11 is 0. The molecule has 0 radical (unpaired) electrons. The molecule has 1 aromatic heterocycles. The Morgan fingerprint density at radius 1 is 1.30 bits per heavy atom. The molecule has 1 rings (SSSR count). The first-order valence-electron chi connectivity index (χ1n) is 2.54. The predicted molar refractivity (Wildman–Crippen MR) is 42.8 cm³/mol. The summed E-state index contributed by atoms with van der Waals surface area (Å²) in [6, 6.07) is 0. The lowest BCUT2D eigenvalue weighted by Gasteiger charge is -1.98. The highest BCUT2D eigenvalue weighted by atomic mass is 35.5. The third-order valence-corrected chi connectivity index (χ3v) is 1.11. The lowest BCUT2D eigenvalue weighted by molar-refractivity contribution is 1.12. The van der Waals surface area contributed by atoms with Gasteiger partial charge in [0.1, 0.15) is 12.1 Å². The summed E-state index contributed by atoms with van der Waals surface area (Å²) in [5.41, 5.74) is 12.0. The van der Waals surface area contributed by atoms with Crippen molar-refractivity contribution in [3.05, 3.63) is 12.0 Å². The molecule has 56 valence electrons. The van der Waals surface area contributed by atoms with Crippen LogP contribution in [0.3, 0.4) is 0 Å². The van der Waals surface area contributed by atoms with E-state index in [0.29, 0.717) is 11.5 Å². The fourth-order valence-corrected chi connectivity index (χ4v) is 0.502. The van der Waals surface area contributed by atoms with Crippen LogP contribution in [0.1, 0.15) is 5.69 Å². The number of aryl methyl sites for hydroxylation is 1. The molecule has 0 aromatic carbocycles. The highest BCUT2D eigenvalue weighted by Crippen LogP contribution is 2.11. The van der Waals surface area contributed by atoms with Crippen molar-refractivity contribution in [3.63, 3.8) is 0 Å². The van der Waals surface area contributed by atoms with Crippen LogP contribution in [0, 0.1) is 6.92 Å². The fraction of sp³-hybridized carbons (Fsp3) is 0.200. The number of rotatable bonds is 0. The van der Waals surface area contributed by atoms with Crippen molar-refractivity contribution < 1.29 is 0 Å². The van der Waals surface area contributed by atoms with Crippen LogP contribution in [0.25, 0.3) is 0 Å². The van der Waals surface area contributed by atoms with Gasteiger partial charge in [0.25, 0.3) is 0 Å². The number of nitrogen functional groups attached to an aromatic ring is 2. The van der Waals surface area contributed by atoms with Crippen molar-refractivity contribution in [1.29, 1.82) is 0 Å². The molecule has 0 aliphatic rings. The van der Waals surface area contributed by atoms with Crippen molar-refractivity contribution >= 4 is 23.9 Å². The Morgan fingerprint density at radius 3 is 2.30 bits per heavy atom. The molecule has 0 amide bonds. The Labute approximate surface area is 65.1 Å². The first-order valence-corrected chi connectivity index (χ1v) is 2.54. The number of nitrogens with two attached hydrogens (primary N) is 2. The molecule has 1 heterocycles. The topological polar surface area (TPSA) is 77.8 Å². The Hall–Kier alpha value is -1.03. The van der Waals surface area contributed by atoms with E-state index < -0.39 is 0 Å². The van der Waals surface area contributed by atoms with Gasteiger partial charge in [0, 0.05) is 0 Å². The highest BCUT2D eigenvalue weighted by molar-refractivity contribution is 5.85. The van der Waals surface area contributed by atoms with Crippen molar-refractivity contribution in [2.75, 3.05) is 11.5 Å². The molecule has 10 heavy (non-hydrogen) atoms. The smallest absolute Gasteiger partial charge is 0.150 e. The standard InChI is InChI=1S/C5H8N4.ClH/c1-3-4(6)5(7)9-2-8-3;/h2H,6H2,1H3,(H2,7,8,9);1H. The van der Waals surface area contributed by atoms with E-state index in [4.69, 9.17) is 11.5 Å². The van der Waals surface area contributed by atoms with Crippen LogP contribution in [0.4, 0.5) is 11.5 Å². The van der Waals surface area contributed by atoms with Gasteiger partial charge in [0.2, 0.25) is 0 Å². The summed E-state index contributed by atoms with van der Waals surface area (Å²) in [5.74, 6) is 0.350. The Morgan fingerprint density at radius 2 is 1.90 bits per heavy atom. The Bertz CT molecular complexity index is 205. The molecule has 5 heteroatoms. The lowest BCUT2D eigenvalue weighted by Crippen LogP contribution is -2.01. The minimum Gasteiger partial charge on any atom is -0.394 e. The molecule has 4 nitrogen and oxygen atoms in total. The number of nitrogens with zero attached hydrogens (tertiary/aromatic N) is 2. The summed E-state index contributed by atoms with van der Waals surface area (Å²) < 4.78 is 0. The van der Waals surface area contributed by atoms with Crippen molar-refractivity contribution in [2.24, 2.45) is 0 Å². The molecule has 0 aliphatic carbocycles. The molecule has 0 fully saturated rings. The van der Waals surface area contributed by atoms with Gasteiger partial charge in [0.05, 0.1) is 11.4 Å². The number of aromatic nitrogens is 2. The largest absolute Gasteiger partial charge is 0.394 e. The van der Waals surface area contributed by atoms with Crippen molar-refractivity contribution in [1.82, 2.24) is 9.97 Å². The normalized spacial score (nSPS) is 8.50. The number of hydrogen-bond acceptors (Lipinski definition) is 4. The SMILES string of the molecule is Cc1ncnc(N)c1N.Cl. The van der Waals surface area contributed by atoms with Crippen LogP contribution in [0.5, 0.6) is 0 Å². The Balaban J connectivity index is 0.000000810. The van der Waals surface area contributed by atoms with Crippen LogP contribution in [0.2, 0.25) is 0 Å². The van der Waals surface area contributed by atoms with Gasteiger partial charge in [-0.2, -0.15) is 0 Å². The summed E-state index contributed by atoms with van der Waals surface area (Å²) in [6.07, 6.45) is 1.39. The van der Waals surface area contributed by atoms with Crippen LogP contribution in [-0.4, -0.2) is 9.97 Å². The van der Waals surface area contributed by atoms with Crippen molar-refractivity contribution in [3.8, 4) is 0 Å². The molecule has 1 aromatic rings. The maximum atomic E-state index is 5.43. The van der Waals surface area contributed by atoms with Gasteiger partial charge >= 0.3 is 0 Å². The minimum absolute atomic E-state index is 0. The van der Waals surface area contributed by atoms with Gasteiger partial charge in [-0.3, -0.25) is 0 Å². The molecule has 0 saturated carbocycles. The summed E-state index contributed by atoms with van der Waals surface area (Å²) in [4.78, 5) is 7.50. The van der Waals surface area contributed by atoms with Crippen LogP contribution in [0.15, 0.2) is 6.33 Å². The average Bonchev–Trinajstić information content (AvgIpc) is 1.83. The molecular formula is C5H9ClN4. The van der Waals surface area contributed by atoms with Crippen LogP contribution >= 0.6 is 12.4 Å². The Kier molecular flexibility index (Phi) is 2.89. The zero-order valence-corrected chi connectivity index (χ0v) is 6.35. The highest BCUT2D eigenvalue weighted by Gasteiger charge is 1.96. The number of hydrogen-bond donors (Lipinski definition) is 2. The van der Waals surface area contributed by atoms with Crippen molar-refractivity contribution in [2.45, 2.75) is 6.92 Å². The molecule has 0 unspecified atom stereocenters. The third kappa shape index (κ3) is 1.48. The fourth-order valence-electron chi connectivity index (χ4n) is 0.502. The molecule has 0 atom stereocenters. The second kappa shape index (κ2) is 3.22. The second-order valence-electron chi connectivity index (χ2n) is 1.76. The molecule has 0 bridgehead atoms. The zero-order valence-electron chi connectivity index (χ0n) is 5.53. The first kappa shape index (κ1) is 8.97. The van der Waals surface area contributed by atoms with Crippen LogP contribution < -0.4 is 11.5 Å². The monoisotopic (exact) mass is 160 g/mol. The summed E-state index contributed by atoms with van der Waals surface area (Å²) in [7, 11) is 0. The van der Waals surface area contributed by atoms with E-state index in [1.54, 1.807) is 6.92 Å². The quantitative estimate of drug-likeness (QED) is 0.575. The molecule has 0 spiro atoms. The summed E-state index contributed by atoms with van der Waals surface area (Å²) in [5, 5.41) is 0. The van der Waals surface area contributed by atoms with E-state index in [1.807, 2.05) is 0 Å². The summed E-state index contributed by atoms with van der Waals surface area (Å²) in [6.45, 7) is 1.79. The van der Waals surface area contributed by atoms with E-state index in [9.17, 15) is 0 Å². The van der Waals surface area contributed by atoms with Gasteiger partial charge < -0.3 is 11.5 Å². The van der Waals surface area contributed by atoms with Gasteiger partial charge in [-0.05, 0) is 6.92 Å². The van der Waals surface area contributed by atoms with Gasteiger partial charge in [-0.15, -0.1) is 12.4 Å². The van der Waals surface area contributed by atoms with E-state index in [1.165, 1.54) is 6.33 Å². The maximum Gasteiger partial charge on any atom is 0.150 e. The van der Waals surface area contributed by atoms with E-state index >= 15 is 0 Å². The van der Waals surface area contributed by atoms with Gasteiger partial charge in [-0.1, -0.05) is 0 Å². The van der Waals surface area contributed by atoms with E-state index in [-0.39, 0.29) is 12.4 Å². The predicted octanol–water partition coefficient (Wildman–Crippen LogP) is 0.371. The molecule has 0 saturated heterocycles. The second-order valence-corrected chi connectivity index (χ2v) is 1.76. The maximum absolute atomic E-state index is 5.43.